The van der Waals surface area contributed by atoms with Crippen LogP contribution >= 0.6 is 11.6 Å². The number of nitrogens with one attached hydrogen (secondary N) is 1. The average molecular weight is 436 g/mol. The fourth-order valence-electron chi connectivity index (χ4n) is 5.08. The molecule has 0 aliphatic heterocycles. The molecule has 6 nitrogen and oxygen atoms in total. The van der Waals surface area contributed by atoms with Gasteiger partial charge >= 0.3 is 0 Å². The predicted octanol–water partition coefficient (Wildman–Crippen LogP) is 4.28. The lowest BCUT2D eigenvalue weighted by atomic mass is 9.38. The number of hydrogen-bond acceptors (Lipinski definition) is 5. The van der Waals surface area contributed by atoms with Crippen molar-refractivity contribution in [2.24, 2.45) is 5.41 Å². The van der Waals surface area contributed by atoms with E-state index in [1.54, 1.807) is 36.7 Å². The Hall–Kier alpha value is -2.99. The number of benzene rings is 2. The van der Waals surface area contributed by atoms with Crippen molar-refractivity contribution in [1.82, 2.24) is 15.3 Å². The van der Waals surface area contributed by atoms with Crippen molar-refractivity contribution in [3.8, 4) is 5.75 Å². The fraction of sp³-hybridized carbons (Fsp3) is 0.333. The maximum absolute atomic E-state index is 12.7. The van der Waals surface area contributed by atoms with Crippen molar-refractivity contribution in [1.29, 1.82) is 0 Å². The minimum Gasteiger partial charge on any atom is -0.486 e. The van der Waals surface area contributed by atoms with E-state index in [9.17, 15) is 9.59 Å². The molecule has 2 aromatic carbocycles. The molecule has 1 aromatic heterocycles. The van der Waals surface area contributed by atoms with Crippen molar-refractivity contribution >= 4 is 34.3 Å². The summed E-state index contributed by atoms with van der Waals surface area (Å²) in [7, 11) is 0. The van der Waals surface area contributed by atoms with E-state index in [1.807, 2.05) is 19.1 Å². The Morgan fingerprint density at radius 3 is 2.55 bits per heavy atom. The molecule has 0 unspecified atom stereocenters. The number of carbonyl (C=O) groups is 2. The molecule has 2 bridgehead atoms. The summed E-state index contributed by atoms with van der Waals surface area (Å²) in [6.07, 6.45) is 6.25. The van der Waals surface area contributed by atoms with E-state index in [0.29, 0.717) is 28.3 Å². The number of halogens is 1. The zero-order valence-electron chi connectivity index (χ0n) is 17.2. The number of Topliss-reactive ketones (excluding diaryl/α,β-unsaturated/α-hetero) is 1. The first-order chi connectivity index (χ1) is 14.9. The summed E-state index contributed by atoms with van der Waals surface area (Å²) in [4.78, 5) is 33.6. The summed E-state index contributed by atoms with van der Waals surface area (Å²) >= 11 is 6.02. The summed E-state index contributed by atoms with van der Waals surface area (Å²) in [6, 6.07) is 10.7. The van der Waals surface area contributed by atoms with Crippen molar-refractivity contribution in [2.45, 2.75) is 38.1 Å². The van der Waals surface area contributed by atoms with Gasteiger partial charge in [-0.2, -0.15) is 0 Å². The molecule has 3 fully saturated rings. The van der Waals surface area contributed by atoms with Crippen LogP contribution in [0, 0.1) is 12.3 Å². The van der Waals surface area contributed by atoms with Gasteiger partial charge in [0.15, 0.2) is 5.78 Å². The molecule has 31 heavy (non-hydrogen) atoms. The van der Waals surface area contributed by atoms with Gasteiger partial charge in [0.05, 0.1) is 11.0 Å². The number of nitrogens with zero attached hydrogens (tertiary/aromatic N) is 2. The van der Waals surface area contributed by atoms with Crippen LogP contribution in [-0.2, 0) is 4.79 Å². The molecule has 1 heterocycles. The molecule has 1 amide bonds. The third-order valence-electron chi connectivity index (χ3n) is 6.35. The summed E-state index contributed by atoms with van der Waals surface area (Å²) in [6.45, 7) is 1.96. The minimum absolute atomic E-state index is 0.0124. The first kappa shape index (κ1) is 19.9. The maximum Gasteiger partial charge on any atom is 0.251 e. The number of aryl methyl sites for hydroxylation is 1. The van der Waals surface area contributed by atoms with Crippen molar-refractivity contribution in [3.05, 3.63) is 64.9 Å². The number of rotatable bonds is 7. The molecule has 1 N–H and O–H groups in total. The van der Waals surface area contributed by atoms with Crippen LogP contribution in [0.5, 0.6) is 5.75 Å². The van der Waals surface area contributed by atoms with Gasteiger partial charge in [0, 0.05) is 34.9 Å². The molecule has 7 heteroatoms. The topological polar surface area (TPSA) is 81.2 Å². The van der Waals surface area contributed by atoms with Crippen LogP contribution in [0.4, 0.5) is 0 Å². The normalized spacial score (nSPS) is 23.5. The van der Waals surface area contributed by atoms with Gasteiger partial charge in [0.1, 0.15) is 12.4 Å². The predicted molar refractivity (Wildman–Crippen MR) is 117 cm³/mol. The first-order valence-corrected chi connectivity index (χ1v) is 10.7. The Morgan fingerprint density at radius 1 is 1.06 bits per heavy atom. The lowest BCUT2D eigenvalue weighted by Gasteiger charge is -2.70. The smallest absolute Gasteiger partial charge is 0.251 e. The van der Waals surface area contributed by atoms with Gasteiger partial charge in [-0.3, -0.25) is 19.6 Å². The van der Waals surface area contributed by atoms with Gasteiger partial charge in [0.25, 0.3) is 5.91 Å². The molecule has 3 aliphatic rings. The highest BCUT2D eigenvalue weighted by Gasteiger charge is 2.68. The third-order valence-corrected chi connectivity index (χ3v) is 6.78. The Labute approximate surface area is 185 Å². The number of carbonyl (C=O) groups excluding carboxylic acids is 2. The molecule has 3 aromatic rings. The zero-order chi connectivity index (χ0) is 21.6. The molecule has 3 aliphatic carbocycles. The zero-order valence-corrected chi connectivity index (χ0v) is 17.9. The molecular weight excluding hydrogens is 414 g/mol. The van der Waals surface area contributed by atoms with Crippen LogP contribution in [0.2, 0.25) is 5.02 Å². The van der Waals surface area contributed by atoms with Gasteiger partial charge < -0.3 is 10.1 Å². The number of aromatic nitrogens is 2. The highest BCUT2D eigenvalue weighted by atomic mass is 35.5. The second kappa shape index (κ2) is 7.31. The number of hydrogen-bond donors (Lipinski definition) is 1. The van der Waals surface area contributed by atoms with Crippen molar-refractivity contribution in [3.63, 3.8) is 0 Å². The number of amides is 1. The standard InChI is InChI=1S/C24H22ClN3O3/c1-15-8-18(3-4-19(15)25)31-11-17(29)10-23-12-24(13-23,14-23)28-22(30)16-2-5-20-21(9-16)27-7-6-26-20/h2-9H,10-14H2,1H3,(H,28,30). The molecule has 0 saturated heterocycles. The number of ketones is 1. The van der Waals surface area contributed by atoms with Crippen LogP contribution in [0.25, 0.3) is 11.0 Å². The van der Waals surface area contributed by atoms with Crippen LogP contribution in [-0.4, -0.2) is 33.8 Å². The second-order valence-corrected chi connectivity index (χ2v) is 9.35. The van der Waals surface area contributed by atoms with Crippen LogP contribution < -0.4 is 10.1 Å². The van der Waals surface area contributed by atoms with Crippen LogP contribution in [0.3, 0.4) is 0 Å². The van der Waals surface area contributed by atoms with Gasteiger partial charge in [0.2, 0.25) is 0 Å². The van der Waals surface area contributed by atoms with Gasteiger partial charge in [-0.1, -0.05) is 11.6 Å². The monoisotopic (exact) mass is 435 g/mol. The molecule has 0 radical (unpaired) electrons. The van der Waals surface area contributed by atoms with E-state index in [2.05, 4.69) is 15.3 Å². The van der Waals surface area contributed by atoms with E-state index in [0.717, 1.165) is 30.3 Å². The molecule has 158 valence electrons. The second-order valence-electron chi connectivity index (χ2n) is 8.94. The highest BCUT2D eigenvalue weighted by molar-refractivity contribution is 6.31. The SMILES string of the molecule is Cc1cc(OCC(=O)CC23CC(NC(=O)c4ccc5nccnc5c4)(C2)C3)ccc1Cl. The van der Waals surface area contributed by atoms with Gasteiger partial charge in [-0.05, 0) is 73.6 Å². The number of fused-ring (bicyclic) bond motifs is 1. The molecule has 6 rings (SSSR count). The number of ether oxygens (including phenoxy) is 1. The lowest BCUT2D eigenvalue weighted by molar-refractivity contribution is -0.162. The van der Waals surface area contributed by atoms with Crippen LogP contribution in [0.15, 0.2) is 48.8 Å². The molecular formula is C24H22ClN3O3. The van der Waals surface area contributed by atoms with E-state index in [4.69, 9.17) is 16.3 Å². The van der Waals surface area contributed by atoms with Crippen LogP contribution in [0.1, 0.15) is 41.6 Å². The summed E-state index contributed by atoms with van der Waals surface area (Å²) in [5, 5.41) is 3.84. The Bertz CT molecular complexity index is 1190. The average Bonchev–Trinajstić information content (AvgIpc) is 2.71. The van der Waals surface area contributed by atoms with Crippen molar-refractivity contribution < 1.29 is 14.3 Å². The third kappa shape index (κ3) is 3.76. The molecule has 3 saturated carbocycles. The van der Waals surface area contributed by atoms with Gasteiger partial charge in [-0.25, -0.2) is 0 Å². The Morgan fingerprint density at radius 2 is 1.81 bits per heavy atom. The molecule has 0 atom stereocenters. The Balaban J connectivity index is 1.12. The summed E-state index contributed by atoms with van der Waals surface area (Å²) in [5.41, 5.74) is 2.79. The highest BCUT2D eigenvalue weighted by Crippen LogP contribution is 2.69. The van der Waals surface area contributed by atoms with E-state index >= 15 is 0 Å². The quantitative estimate of drug-likeness (QED) is 0.599. The maximum atomic E-state index is 12.7. The van der Waals surface area contributed by atoms with E-state index < -0.39 is 0 Å². The molecule has 0 spiro atoms. The lowest BCUT2D eigenvalue weighted by Crippen LogP contribution is -2.75. The Kier molecular flexibility index (Phi) is 4.70. The minimum atomic E-state index is -0.178. The largest absolute Gasteiger partial charge is 0.486 e. The van der Waals surface area contributed by atoms with E-state index in [-0.39, 0.29) is 29.3 Å². The fourth-order valence-corrected chi connectivity index (χ4v) is 5.19. The first-order valence-electron chi connectivity index (χ1n) is 10.3. The van der Waals surface area contributed by atoms with E-state index in [1.165, 1.54) is 0 Å². The van der Waals surface area contributed by atoms with Gasteiger partial charge in [-0.15, -0.1) is 0 Å². The summed E-state index contributed by atoms with van der Waals surface area (Å²) < 4.78 is 5.63. The van der Waals surface area contributed by atoms with Crippen molar-refractivity contribution in [2.75, 3.05) is 6.61 Å². The summed E-state index contributed by atoms with van der Waals surface area (Å²) in [5.74, 6) is 0.630.